The minimum atomic E-state index is -0.309. The van der Waals surface area contributed by atoms with E-state index in [0.717, 1.165) is 48.3 Å². The molecule has 0 aliphatic carbocycles. The van der Waals surface area contributed by atoms with Crippen molar-refractivity contribution < 1.29 is 4.79 Å². The Bertz CT molecular complexity index is 932. The van der Waals surface area contributed by atoms with E-state index in [1.165, 1.54) is 0 Å². The van der Waals surface area contributed by atoms with Crippen molar-refractivity contribution in [3.05, 3.63) is 72.0 Å². The van der Waals surface area contributed by atoms with Gasteiger partial charge in [-0.15, -0.1) is 0 Å². The Morgan fingerprint density at radius 2 is 1.97 bits per heavy atom. The van der Waals surface area contributed by atoms with Crippen LogP contribution in [0.4, 0.5) is 0 Å². The summed E-state index contributed by atoms with van der Waals surface area (Å²) in [5, 5.41) is 16.6. The Labute approximate surface area is 169 Å². The zero-order valence-corrected chi connectivity index (χ0v) is 16.1. The summed E-state index contributed by atoms with van der Waals surface area (Å²) in [6.45, 7) is 2.50. The largest absolute Gasteiger partial charge is 0.389 e. The quantitative estimate of drug-likeness (QED) is 0.193. The minimum Gasteiger partial charge on any atom is -0.389 e. The summed E-state index contributed by atoms with van der Waals surface area (Å²) in [5.41, 5.74) is 3.07. The highest BCUT2D eigenvalue weighted by atomic mass is 16.1. The number of nitrogens with one attached hydrogen (secondary N) is 5. The number of imidazole rings is 1. The maximum absolute atomic E-state index is 12.1. The normalized spacial score (nSPS) is 11.4. The molecule has 8 nitrogen and oxygen atoms in total. The van der Waals surface area contributed by atoms with Gasteiger partial charge in [0.25, 0.3) is 5.91 Å². The van der Waals surface area contributed by atoms with Crippen molar-refractivity contribution in [3.63, 3.8) is 0 Å². The monoisotopic (exact) mass is 391 g/mol. The maximum atomic E-state index is 12.1. The molecule has 8 heteroatoms. The number of benzene rings is 1. The molecule has 3 rings (SSSR count). The van der Waals surface area contributed by atoms with Gasteiger partial charge < -0.3 is 26.3 Å². The Balaban J connectivity index is 1.32. The summed E-state index contributed by atoms with van der Waals surface area (Å²) in [7, 11) is 0. The Hall–Kier alpha value is -3.52. The molecular formula is C21H25N7O. The number of aromatic amines is 1. The van der Waals surface area contributed by atoms with Crippen molar-refractivity contribution in [2.45, 2.75) is 13.0 Å². The summed E-state index contributed by atoms with van der Waals surface area (Å²) in [6.07, 6.45) is 5.08. The fraction of sp³-hybridized carbons (Fsp3) is 0.238. The van der Waals surface area contributed by atoms with Crippen LogP contribution in [-0.2, 0) is 17.8 Å². The van der Waals surface area contributed by atoms with Crippen molar-refractivity contribution in [2.24, 2.45) is 0 Å². The molecule has 0 saturated carbocycles. The van der Waals surface area contributed by atoms with Crippen LogP contribution in [0.1, 0.15) is 11.5 Å². The van der Waals surface area contributed by atoms with E-state index in [4.69, 9.17) is 5.41 Å². The molecule has 0 unspecified atom stereocenters. The number of carbonyl (C=O) groups is 1. The third-order valence-corrected chi connectivity index (χ3v) is 4.25. The Kier molecular flexibility index (Phi) is 7.48. The number of carbonyl (C=O) groups excluding carboxylic acids is 1. The Morgan fingerprint density at radius 1 is 1.10 bits per heavy atom. The molecule has 1 amide bonds. The van der Waals surface area contributed by atoms with Crippen molar-refractivity contribution in [2.75, 3.05) is 19.6 Å². The van der Waals surface area contributed by atoms with Crippen molar-refractivity contribution in [1.29, 1.82) is 5.41 Å². The number of para-hydroxylation sites is 2. The lowest BCUT2D eigenvalue weighted by molar-refractivity contribution is -0.117. The second kappa shape index (κ2) is 10.7. The molecule has 5 N–H and O–H groups in total. The summed E-state index contributed by atoms with van der Waals surface area (Å²) < 4.78 is 0. The number of amides is 1. The topological polar surface area (TPSA) is 119 Å². The van der Waals surface area contributed by atoms with Crippen molar-refractivity contribution in [3.8, 4) is 0 Å². The number of nitrogens with zero attached hydrogens (tertiary/aromatic N) is 2. The van der Waals surface area contributed by atoms with Crippen molar-refractivity contribution in [1.82, 2.24) is 30.9 Å². The predicted octanol–water partition coefficient (Wildman–Crippen LogP) is 1.53. The van der Waals surface area contributed by atoms with E-state index in [-0.39, 0.29) is 11.5 Å². The Morgan fingerprint density at radius 3 is 2.76 bits per heavy atom. The first-order chi connectivity index (χ1) is 14.3. The fourth-order valence-electron chi connectivity index (χ4n) is 2.75. The molecule has 2 heterocycles. The summed E-state index contributed by atoms with van der Waals surface area (Å²) in [5.74, 6) is 0.651. The SMILES string of the molecule is N=C/C(=C\NCCNCCc1nc2ccccc2[nH]1)C(=O)NCc1ccccn1. The van der Waals surface area contributed by atoms with E-state index in [1.807, 2.05) is 42.5 Å². The van der Waals surface area contributed by atoms with Gasteiger partial charge in [-0.3, -0.25) is 9.78 Å². The highest BCUT2D eigenvalue weighted by molar-refractivity contribution is 6.11. The highest BCUT2D eigenvalue weighted by Gasteiger charge is 2.06. The smallest absolute Gasteiger partial charge is 0.254 e. The van der Waals surface area contributed by atoms with Gasteiger partial charge in [0, 0.05) is 44.7 Å². The summed E-state index contributed by atoms with van der Waals surface area (Å²) >= 11 is 0. The van der Waals surface area contributed by atoms with E-state index in [0.29, 0.717) is 13.1 Å². The number of hydrogen-bond acceptors (Lipinski definition) is 6. The molecule has 150 valence electrons. The van der Waals surface area contributed by atoms with Gasteiger partial charge in [-0.05, 0) is 24.3 Å². The number of pyridine rings is 1. The lowest BCUT2D eigenvalue weighted by Crippen LogP contribution is -2.29. The molecule has 0 aliphatic heterocycles. The average Bonchev–Trinajstić information content (AvgIpc) is 3.17. The summed E-state index contributed by atoms with van der Waals surface area (Å²) in [4.78, 5) is 24.1. The van der Waals surface area contributed by atoms with Gasteiger partial charge in [0.15, 0.2) is 0 Å². The zero-order valence-electron chi connectivity index (χ0n) is 16.1. The van der Waals surface area contributed by atoms with Crippen LogP contribution >= 0.6 is 0 Å². The van der Waals surface area contributed by atoms with Gasteiger partial charge in [0.1, 0.15) is 5.82 Å². The summed E-state index contributed by atoms with van der Waals surface area (Å²) in [6, 6.07) is 13.5. The molecule has 0 fully saturated rings. The second-order valence-electron chi connectivity index (χ2n) is 6.40. The lowest BCUT2D eigenvalue weighted by Gasteiger charge is -2.07. The van der Waals surface area contributed by atoms with Gasteiger partial charge in [-0.1, -0.05) is 18.2 Å². The second-order valence-corrected chi connectivity index (χ2v) is 6.40. The first-order valence-corrected chi connectivity index (χ1v) is 9.53. The maximum Gasteiger partial charge on any atom is 0.254 e. The van der Waals surface area contributed by atoms with Crippen LogP contribution in [0.2, 0.25) is 0 Å². The van der Waals surface area contributed by atoms with Crippen LogP contribution in [0.3, 0.4) is 0 Å². The van der Waals surface area contributed by atoms with Crippen LogP contribution in [0, 0.1) is 5.41 Å². The molecule has 0 bridgehead atoms. The van der Waals surface area contributed by atoms with Gasteiger partial charge in [0.2, 0.25) is 0 Å². The van der Waals surface area contributed by atoms with Gasteiger partial charge in [-0.25, -0.2) is 4.98 Å². The van der Waals surface area contributed by atoms with Gasteiger partial charge in [0.05, 0.1) is 28.8 Å². The number of H-pyrrole nitrogens is 1. The van der Waals surface area contributed by atoms with E-state index in [2.05, 4.69) is 30.9 Å². The minimum absolute atomic E-state index is 0.267. The highest BCUT2D eigenvalue weighted by Crippen LogP contribution is 2.10. The van der Waals surface area contributed by atoms with Gasteiger partial charge in [-0.2, -0.15) is 0 Å². The van der Waals surface area contributed by atoms with Crippen LogP contribution in [0.25, 0.3) is 11.0 Å². The van der Waals surface area contributed by atoms with Crippen LogP contribution in [0.5, 0.6) is 0 Å². The molecule has 0 saturated heterocycles. The van der Waals surface area contributed by atoms with E-state index in [9.17, 15) is 4.79 Å². The van der Waals surface area contributed by atoms with Crippen LogP contribution < -0.4 is 16.0 Å². The molecule has 0 spiro atoms. The molecule has 2 aromatic heterocycles. The van der Waals surface area contributed by atoms with E-state index >= 15 is 0 Å². The molecule has 0 atom stereocenters. The van der Waals surface area contributed by atoms with E-state index in [1.54, 1.807) is 12.4 Å². The van der Waals surface area contributed by atoms with Crippen molar-refractivity contribution >= 4 is 23.2 Å². The molecule has 1 aromatic carbocycles. The third-order valence-electron chi connectivity index (χ3n) is 4.25. The number of rotatable bonds is 11. The number of aromatic nitrogens is 3. The third kappa shape index (κ3) is 6.25. The average molecular weight is 391 g/mol. The first kappa shape index (κ1) is 20.2. The first-order valence-electron chi connectivity index (χ1n) is 9.53. The molecule has 0 radical (unpaired) electrons. The van der Waals surface area contributed by atoms with E-state index < -0.39 is 0 Å². The lowest BCUT2D eigenvalue weighted by atomic mass is 10.2. The molecule has 0 aliphatic rings. The van der Waals surface area contributed by atoms with Gasteiger partial charge >= 0.3 is 0 Å². The van der Waals surface area contributed by atoms with Crippen LogP contribution in [-0.4, -0.2) is 46.7 Å². The number of fused-ring (bicyclic) bond motifs is 1. The van der Waals surface area contributed by atoms with Crippen LogP contribution in [0.15, 0.2) is 60.4 Å². The molecule has 29 heavy (non-hydrogen) atoms. The fourth-order valence-corrected chi connectivity index (χ4v) is 2.75. The number of hydrogen-bond donors (Lipinski definition) is 5. The predicted molar refractivity (Wildman–Crippen MR) is 114 cm³/mol. The zero-order chi connectivity index (χ0) is 20.3. The molecule has 3 aromatic rings. The molecular weight excluding hydrogens is 366 g/mol. The standard InChI is InChI=1S/C21H25N7O/c22-13-16(21(29)26-15-17-5-3-4-9-25-17)14-24-12-11-23-10-8-20-27-18-6-1-2-7-19(18)28-20/h1-7,9,13-14,22-24H,8,10-12,15H2,(H,26,29)(H,27,28)/b16-14+,22-13?.